The zero-order chi connectivity index (χ0) is 13.8. The molecule has 0 bridgehead atoms. The molecule has 0 radical (unpaired) electrons. The molecule has 2 aromatic heterocycles. The van der Waals surface area contributed by atoms with E-state index in [9.17, 15) is 4.79 Å². The van der Waals surface area contributed by atoms with Gasteiger partial charge in [0.25, 0.3) is 5.91 Å². The second kappa shape index (κ2) is 5.87. The van der Waals surface area contributed by atoms with Crippen molar-refractivity contribution in [2.45, 2.75) is 33.6 Å². The Morgan fingerprint density at radius 3 is 2.74 bits per heavy atom. The number of aryl methyl sites for hydroxylation is 1. The lowest BCUT2D eigenvalue weighted by atomic mass is 10.0. The van der Waals surface area contributed by atoms with Gasteiger partial charge in [-0.1, -0.05) is 32.8 Å². The van der Waals surface area contributed by atoms with Gasteiger partial charge in [-0.25, -0.2) is 4.98 Å². The normalized spacial score (nSPS) is 11.2. The van der Waals surface area contributed by atoms with Gasteiger partial charge >= 0.3 is 0 Å². The minimum Gasteiger partial charge on any atom is -0.350 e. The third-order valence-corrected chi connectivity index (χ3v) is 3.63. The zero-order valence-corrected chi connectivity index (χ0v) is 11.8. The molecule has 1 N–H and O–H groups in total. The molecule has 1 amide bonds. The number of nitrogens with zero attached hydrogens (tertiary/aromatic N) is 2. The van der Waals surface area contributed by atoms with Gasteiger partial charge in [0.15, 0.2) is 0 Å². The molecule has 2 rings (SSSR count). The predicted octanol–water partition coefficient (Wildman–Crippen LogP) is 2.81. The lowest BCUT2D eigenvalue weighted by molar-refractivity contribution is 0.0942. The predicted molar refractivity (Wildman–Crippen MR) is 76.3 cm³/mol. The van der Waals surface area contributed by atoms with E-state index in [-0.39, 0.29) is 5.91 Å². The second-order valence-corrected chi connectivity index (χ2v) is 4.91. The van der Waals surface area contributed by atoms with E-state index in [4.69, 9.17) is 0 Å². The smallest absolute Gasteiger partial charge is 0.271 e. The van der Waals surface area contributed by atoms with Gasteiger partial charge in [0, 0.05) is 18.4 Å². The second-order valence-electron chi connectivity index (χ2n) is 4.91. The highest BCUT2D eigenvalue weighted by Gasteiger charge is 2.12. The van der Waals surface area contributed by atoms with E-state index < -0.39 is 0 Å². The first-order valence-electron chi connectivity index (χ1n) is 6.88. The topological polar surface area (TPSA) is 46.4 Å². The molecule has 0 aliphatic rings. The van der Waals surface area contributed by atoms with Gasteiger partial charge in [0.1, 0.15) is 11.3 Å². The van der Waals surface area contributed by atoms with Crippen molar-refractivity contribution in [2.75, 3.05) is 6.54 Å². The van der Waals surface area contributed by atoms with Crippen LogP contribution < -0.4 is 5.32 Å². The molecule has 0 fully saturated rings. The number of rotatable bonds is 5. The van der Waals surface area contributed by atoms with Gasteiger partial charge in [-0.05, 0) is 25.0 Å². The summed E-state index contributed by atoms with van der Waals surface area (Å²) in [5.74, 6) is 0.456. The van der Waals surface area contributed by atoms with E-state index in [0.29, 0.717) is 11.6 Å². The summed E-state index contributed by atoms with van der Waals surface area (Å²) in [5.41, 5.74) is 2.37. The lowest BCUT2D eigenvalue weighted by Crippen LogP contribution is -2.29. The molecule has 19 heavy (non-hydrogen) atoms. The fraction of sp³-hybridized carbons (Fsp3) is 0.467. The minimum absolute atomic E-state index is 0.0880. The molecule has 0 aromatic carbocycles. The number of carbonyl (C=O) groups is 1. The first-order chi connectivity index (χ1) is 9.15. The Morgan fingerprint density at radius 2 is 2.11 bits per heavy atom. The number of amides is 1. The summed E-state index contributed by atoms with van der Waals surface area (Å²) in [7, 11) is 0. The number of imidazole rings is 1. The van der Waals surface area contributed by atoms with E-state index in [2.05, 4.69) is 24.1 Å². The fourth-order valence-corrected chi connectivity index (χ4v) is 2.16. The van der Waals surface area contributed by atoms with Crippen molar-refractivity contribution in [1.82, 2.24) is 14.7 Å². The van der Waals surface area contributed by atoms with E-state index in [1.807, 2.05) is 29.5 Å². The molecule has 0 unspecified atom stereocenters. The van der Waals surface area contributed by atoms with Gasteiger partial charge in [0.05, 0.1) is 0 Å². The maximum atomic E-state index is 12.1. The first-order valence-corrected chi connectivity index (χ1v) is 6.88. The zero-order valence-electron chi connectivity index (χ0n) is 11.8. The Kier molecular flexibility index (Phi) is 4.20. The largest absolute Gasteiger partial charge is 0.350 e. The van der Waals surface area contributed by atoms with Crippen LogP contribution in [-0.2, 0) is 0 Å². The molecule has 0 atom stereocenters. The molecule has 0 aliphatic heterocycles. The summed E-state index contributed by atoms with van der Waals surface area (Å²) in [6, 6.07) is 5.86. The highest BCUT2D eigenvalue weighted by molar-refractivity contribution is 5.92. The molecule has 2 heterocycles. The van der Waals surface area contributed by atoms with Crippen LogP contribution in [0.25, 0.3) is 5.65 Å². The maximum Gasteiger partial charge on any atom is 0.271 e. The van der Waals surface area contributed by atoms with Crippen LogP contribution in [0.2, 0.25) is 0 Å². The third kappa shape index (κ3) is 2.95. The van der Waals surface area contributed by atoms with E-state index in [0.717, 1.165) is 30.7 Å². The highest BCUT2D eigenvalue weighted by atomic mass is 16.1. The molecule has 2 aromatic rings. The number of nitrogens with one attached hydrogen (secondary N) is 1. The minimum atomic E-state index is -0.0880. The van der Waals surface area contributed by atoms with E-state index in [1.165, 1.54) is 0 Å². The highest BCUT2D eigenvalue weighted by Crippen LogP contribution is 2.09. The van der Waals surface area contributed by atoms with Crippen LogP contribution in [0.1, 0.15) is 42.9 Å². The molecule has 0 saturated heterocycles. The lowest BCUT2D eigenvalue weighted by Gasteiger charge is -2.12. The summed E-state index contributed by atoms with van der Waals surface area (Å²) in [4.78, 5) is 16.4. The standard InChI is InChI=1S/C15H21N3O/c1-4-12(5-2)9-16-15(19)13-10-18-11(3)7-6-8-14(18)17-13/h6-8,10,12H,4-5,9H2,1-3H3,(H,16,19). The number of aromatic nitrogens is 2. The summed E-state index contributed by atoms with van der Waals surface area (Å²) in [5, 5.41) is 2.97. The maximum absolute atomic E-state index is 12.1. The van der Waals surface area contributed by atoms with Crippen molar-refractivity contribution in [3.63, 3.8) is 0 Å². The van der Waals surface area contributed by atoms with Crippen molar-refractivity contribution in [1.29, 1.82) is 0 Å². The van der Waals surface area contributed by atoms with Crippen LogP contribution >= 0.6 is 0 Å². The monoisotopic (exact) mass is 259 g/mol. The average molecular weight is 259 g/mol. The summed E-state index contributed by atoms with van der Waals surface area (Å²) < 4.78 is 1.94. The van der Waals surface area contributed by atoms with Crippen LogP contribution in [0, 0.1) is 12.8 Å². The Balaban J connectivity index is 2.11. The van der Waals surface area contributed by atoms with Crippen molar-refractivity contribution in [3.8, 4) is 0 Å². The Labute approximate surface area is 113 Å². The van der Waals surface area contributed by atoms with Crippen molar-refractivity contribution in [2.24, 2.45) is 5.92 Å². The SMILES string of the molecule is CCC(CC)CNC(=O)c1cn2c(C)cccc2n1. The molecular formula is C15H21N3O. The molecule has 102 valence electrons. The molecule has 0 spiro atoms. The van der Waals surface area contributed by atoms with E-state index >= 15 is 0 Å². The van der Waals surface area contributed by atoms with E-state index in [1.54, 1.807) is 6.20 Å². The number of fused-ring (bicyclic) bond motifs is 1. The number of hydrogen-bond donors (Lipinski definition) is 1. The van der Waals surface area contributed by atoms with Gasteiger partial charge in [-0.3, -0.25) is 4.79 Å². The number of carbonyl (C=O) groups excluding carboxylic acids is 1. The van der Waals surface area contributed by atoms with Crippen LogP contribution in [0.15, 0.2) is 24.4 Å². The van der Waals surface area contributed by atoms with Gasteiger partial charge in [-0.2, -0.15) is 0 Å². The Morgan fingerprint density at radius 1 is 1.37 bits per heavy atom. The van der Waals surface area contributed by atoms with Crippen molar-refractivity contribution in [3.05, 3.63) is 35.8 Å². The molecule has 0 saturated carbocycles. The quantitative estimate of drug-likeness (QED) is 0.897. The molecular weight excluding hydrogens is 238 g/mol. The molecule has 4 nitrogen and oxygen atoms in total. The first kappa shape index (κ1) is 13.6. The average Bonchev–Trinajstić information content (AvgIpc) is 2.85. The van der Waals surface area contributed by atoms with Gasteiger partial charge < -0.3 is 9.72 Å². The van der Waals surface area contributed by atoms with Crippen LogP contribution in [0.4, 0.5) is 0 Å². The Bertz CT molecular complexity index is 570. The van der Waals surface area contributed by atoms with Crippen LogP contribution in [0.5, 0.6) is 0 Å². The summed E-state index contributed by atoms with van der Waals surface area (Å²) >= 11 is 0. The third-order valence-electron chi connectivity index (χ3n) is 3.63. The molecule has 0 aliphatic carbocycles. The fourth-order valence-electron chi connectivity index (χ4n) is 2.16. The molecule has 4 heteroatoms. The summed E-state index contributed by atoms with van der Waals surface area (Å²) in [6.07, 6.45) is 3.97. The van der Waals surface area contributed by atoms with Crippen LogP contribution in [-0.4, -0.2) is 21.8 Å². The van der Waals surface area contributed by atoms with Crippen molar-refractivity contribution < 1.29 is 4.79 Å². The van der Waals surface area contributed by atoms with Crippen LogP contribution in [0.3, 0.4) is 0 Å². The number of hydrogen-bond acceptors (Lipinski definition) is 2. The Hall–Kier alpha value is -1.84. The summed E-state index contributed by atoms with van der Waals surface area (Å²) in [6.45, 7) is 7.02. The van der Waals surface area contributed by atoms with Gasteiger partial charge in [-0.15, -0.1) is 0 Å². The van der Waals surface area contributed by atoms with Gasteiger partial charge in [0.2, 0.25) is 0 Å². The van der Waals surface area contributed by atoms with Crippen molar-refractivity contribution >= 4 is 11.6 Å². The number of pyridine rings is 1.